The zero-order valence-corrected chi connectivity index (χ0v) is 13.8. The lowest BCUT2D eigenvalue weighted by Crippen LogP contribution is -2.46. The Kier molecular flexibility index (Phi) is 4.74. The van der Waals surface area contributed by atoms with Gasteiger partial charge in [0.25, 0.3) is 5.91 Å². The van der Waals surface area contributed by atoms with E-state index in [2.05, 4.69) is 6.92 Å². The van der Waals surface area contributed by atoms with Crippen LogP contribution in [0.2, 0.25) is 5.02 Å². The van der Waals surface area contributed by atoms with E-state index in [1.54, 1.807) is 30.2 Å². The SMILES string of the molecule is COc1ccc(Cl)cc1C(=O)N1CCC(C)(C(N)=S)CC1. The molecule has 0 unspecified atom stereocenters. The number of hydrogen-bond acceptors (Lipinski definition) is 3. The maximum absolute atomic E-state index is 12.6. The van der Waals surface area contributed by atoms with E-state index in [4.69, 9.17) is 34.3 Å². The molecule has 2 N–H and O–H groups in total. The van der Waals surface area contributed by atoms with Crippen LogP contribution >= 0.6 is 23.8 Å². The van der Waals surface area contributed by atoms with Gasteiger partial charge in [-0.2, -0.15) is 0 Å². The molecule has 1 aliphatic rings. The van der Waals surface area contributed by atoms with E-state index < -0.39 is 0 Å². The quantitative estimate of drug-likeness (QED) is 0.868. The Morgan fingerprint density at radius 2 is 2.05 bits per heavy atom. The first-order valence-corrected chi connectivity index (χ1v) is 7.59. The molecule has 1 amide bonds. The van der Waals surface area contributed by atoms with E-state index in [0.29, 0.717) is 34.4 Å². The minimum Gasteiger partial charge on any atom is -0.496 e. The summed E-state index contributed by atoms with van der Waals surface area (Å²) in [4.78, 5) is 15.0. The number of methoxy groups -OCH3 is 1. The summed E-state index contributed by atoms with van der Waals surface area (Å²) in [5.41, 5.74) is 6.12. The average molecular weight is 327 g/mol. The predicted molar refractivity (Wildman–Crippen MR) is 88.0 cm³/mol. The van der Waals surface area contributed by atoms with Crippen LogP contribution in [0.5, 0.6) is 5.75 Å². The summed E-state index contributed by atoms with van der Waals surface area (Å²) >= 11 is 11.1. The highest BCUT2D eigenvalue weighted by Gasteiger charge is 2.34. The second-order valence-corrected chi connectivity index (χ2v) is 6.44. The Bertz CT molecular complexity index is 569. The van der Waals surface area contributed by atoms with Crippen molar-refractivity contribution in [3.63, 3.8) is 0 Å². The van der Waals surface area contributed by atoms with Crippen LogP contribution in [0.4, 0.5) is 0 Å². The van der Waals surface area contributed by atoms with Crippen molar-refractivity contribution in [2.45, 2.75) is 19.8 Å². The number of carbonyl (C=O) groups is 1. The topological polar surface area (TPSA) is 55.6 Å². The van der Waals surface area contributed by atoms with Crippen LogP contribution in [0.25, 0.3) is 0 Å². The molecular formula is C15H19ClN2O2S. The number of benzene rings is 1. The number of nitrogens with zero attached hydrogens (tertiary/aromatic N) is 1. The summed E-state index contributed by atoms with van der Waals surface area (Å²) in [7, 11) is 1.54. The summed E-state index contributed by atoms with van der Waals surface area (Å²) in [6.45, 7) is 3.31. The molecule has 1 aromatic rings. The van der Waals surface area contributed by atoms with E-state index in [0.717, 1.165) is 12.8 Å². The highest BCUT2D eigenvalue weighted by molar-refractivity contribution is 7.80. The van der Waals surface area contributed by atoms with Crippen LogP contribution in [0.3, 0.4) is 0 Å². The van der Waals surface area contributed by atoms with E-state index in [-0.39, 0.29) is 11.3 Å². The summed E-state index contributed by atoms with van der Waals surface area (Å²) in [6, 6.07) is 5.06. The molecule has 0 radical (unpaired) electrons. The average Bonchev–Trinajstić information content (AvgIpc) is 2.47. The molecule has 0 aromatic heterocycles. The largest absolute Gasteiger partial charge is 0.496 e. The highest BCUT2D eigenvalue weighted by Crippen LogP contribution is 2.33. The lowest BCUT2D eigenvalue weighted by Gasteiger charge is -2.38. The van der Waals surface area contributed by atoms with Gasteiger partial charge in [0, 0.05) is 23.5 Å². The van der Waals surface area contributed by atoms with Gasteiger partial charge in [0.15, 0.2) is 0 Å². The van der Waals surface area contributed by atoms with Crippen molar-refractivity contribution in [1.29, 1.82) is 0 Å². The van der Waals surface area contributed by atoms with Gasteiger partial charge in [0.05, 0.1) is 17.7 Å². The Labute approximate surface area is 135 Å². The maximum atomic E-state index is 12.6. The van der Waals surface area contributed by atoms with Gasteiger partial charge in [-0.25, -0.2) is 0 Å². The number of amides is 1. The Morgan fingerprint density at radius 1 is 1.43 bits per heavy atom. The van der Waals surface area contributed by atoms with Gasteiger partial charge < -0.3 is 15.4 Å². The van der Waals surface area contributed by atoms with E-state index in [9.17, 15) is 4.79 Å². The molecule has 0 atom stereocenters. The monoisotopic (exact) mass is 326 g/mol. The molecule has 0 aliphatic carbocycles. The first kappa shape index (κ1) is 16.0. The zero-order valence-electron chi connectivity index (χ0n) is 12.2. The van der Waals surface area contributed by atoms with Gasteiger partial charge in [0.1, 0.15) is 5.75 Å². The fourth-order valence-electron chi connectivity index (χ4n) is 2.47. The molecule has 1 aliphatic heterocycles. The van der Waals surface area contributed by atoms with Crippen LogP contribution < -0.4 is 10.5 Å². The molecule has 1 aromatic carbocycles. The molecule has 2 rings (SSSR count). The minimum atomic E-state index is -0.162. The van der Waals surface area contributed by atoms with Crippen molar-refractivity contribution in [2.24, 2.45) is 11.1 Å². The van der Waals surface area contributed by atoms with Gasteiger partial charge in [-0.3, -0.25) is 4.79 Å². The van der Waals surface area contributed by atoms with Crippen LogP contribution in [0.1, 0.15) is 30.1 Å². The van der Waals surface area contributed by atoms with Crippen molar-refractivity contribution in [3.05, 3.63) is 28.8 Å². The van der Waals surface area contributed by atoms with Crippen molar-refractivity contribution >= 4 is 34.7 Å². The van der Waals surface area contributed by atoms with Crippen molar-refractivity contribution < 1.29 is 9.53 Å². The molecule has 4 nitrogen and oxygen atoms in total. The summed E-state index contributed by atoms with van der Waals surface area (Å²) in [6.07, 6.45) is 1.55. The number of piperidine rings is 1. The van der Waals surface area contributed by atoms with Crippen molar-refractivity contribution in [3.8, 4) is 5.75 Å². The number of likely N-dealkylation sites (tertiary alicyclic amines) is 1. The molecule has 0 bridgehead atoms. The summed E-state index contributed by atoms with van der Waals surface area (Å²) < 4.78 is 5.24. The molecule has 1 heterocycles. The molecule has 1 saturated heterocycles. The lowest BCUT2D eigenvalue weighted by molar-refractivity contribution is 0.0667. The second-order valence-electron chi connectivity index (χ2n) is 5.56. The molecule has 1 fully saturated rings. The molecular weight excluding hydrogens is 308 g/mol. The standard InChI is InChI=1S/C15H19ClN2O2S/c1-15(14(17)21)5-7-18(8-6-15)13(19)11-9-10(16)3-4-12(11)20-2/h3-4,9H,5-8H2,1-2H3,(H2,17,21). The molecule has 114 valence electrons. The van der Waals surface area contributed by atoms with E-state index >= 15 is 0 Å². The number of halogens is 1. The first-order valence-electron chi connectivity index (χ1n) is 6.80. The third kappa shape index (κ3) is 3.30. The smallest absolute Gasteiger partial charge is 0.257 e. The van der Waals surface area contributed by atoms with Crippen molar-refractivity contribution in [2.75, 3.05) is 20.2 Å². The van der Waals surface area contributed by atoms with E-state index in [1.165, 1.54) is 0 Å². The first-order chi connectivity index (χ1) is 9.87. The second kappa shape index (κ2) is 6.20. The molecule has 0 spiro atoms. The predicted octanol–water partition coefficient (Wildman–Crippen LogP) is 2.88. The number of nitrogens with two attached hydrogens (primary N) is 1. The molecule has 21 heavy (non-hydrogen) atoms. The van der Waals surface area contributed by atoms with Crippen LogP contribution in [0.15, 0.2) is 18.2 Å². The Hall–Kier alpha value is -1.33. The normalized spacial score (nSPS) is 17.4. The Balaban J connectivity index is 2.16. The van der Waals surface area contributed by atoms with Crippen molar-refractivity contribution in [1.82, 2.24) is 4.90 Å². The van der Waals surface area contributed by atoms with Gasteiger partial charge in [-0.1, -0.05) is 30.7 Å². The highest BCUT2D eigenvalue weighted by atomic mass is 35.5. The number of rotatable bonds is 3. The van der Waals surface area contributed by atoms with Gasteiger partial charge in [0.2, 0.25) is 0 Å². The van der Waals surface area contributed by atoms with Crippen LogP contribution in [0, 0.1) is 5.41 Å². The summed E-state index contributed by atoms with van der Waals surface area (Å²) in [5, 5.41) is 0.518. The van der Waals surface area contributed by atoms with Gasteiger partial charge in [-0.15, -0.1) is 0 Å². The molecule has 6 heteroatoms. The third-order valence-electron chi connectivity index (χ3n) is 4.14. The van der Waals surface area contributed by atoms with Gasteiger partial charge in [-0.05, 0) is 31.0 Å². The molecule has 0 saturated carbocycles. The zero-order chi connectivity index (χ0) is 15.6. The van der Waals surface area contributed by atoms with Gasteiger partial charge >= 0.3 is 0 Å². The van der Waals surface area contributed by atoms with Crippen LogP contribution in [-0.2, 0) is 0 Å². The maximum Gasteiger partial charge on any atom is 0.257 e. The van der Waals surface area contributed by atoms with E-state index in [1.807, 2.05) is 0 Å². The minimum absolute atomic E-state index is 0.0701. The number of hydrogen-bond donors (Lipinski definition) is 1. The number of carbonyl (C=O) groups excluding carboxylic acids is 1. The summed E-state index contributed by atoms with van der Waals surface area (Å²) in [5.74, 6) is 0.464. The van der Waals surface area contributed by atoms with Crippen LogP contribution in [-0.4, -0.2) is 36.0 Å². The number of ether oxygens (including phenoxy) is 1. The Morgan fingerprint density at radius 3 is 2.57 bits per heavy atom. The lowest BCUT2D eigenvalue weighted by atomic mass is 9.80. The third-order valence-corrected chi connectivity index (χ3v) is 4.87. The fraction of sp³-hybridized carbons (Fsp3) is 0.467. The number of thiocarbonyl (C=S) groups is 1. The fourth-order valence-corrected chi connectivity index (χ4v) is 2.84.